The smallest absolute Gasteiger partial charge is 0.153 e. The Morgan fingerprint density at radius 2 is 2.42 bits per heavy atom. The zero-order valence-corrected chi connectivity index (χ0v) is 7.32. The van der Waals surface area contributed by atoms with Crippen LogP contribution in [0.3, 0.4) is 0 Å². The lowest BCUT2D eigenvalue weighted by Crippen LogP contribution is -2.00. The average molecular weight is 164 g/mol. The molecule has 1 heterocycles. The van der Waals surface area contributed by atoms with Crippen molar-refractivity contribution in [1.82, 2.24) is 9.78 Å². The SMILES string of the molecule is CC=CCn1ncc(C=O)c1C. The lowest BCUT2D eigenvalue weighted by molar-refractivity contribution is 0.112. The van der Waals surface area contributed by atoms with Crippen molar-refractivity contribution >= 4 is 6.29 Å². The van der Waals surface area contributed by atoms with Crippen LogP contribution in [0.4, 0.5) is 0 Å². The average Bonchev–Trinajstić information content (AvgIpc) is 2.43. The van der Waals surface area contributed by atoms with E-state index in [0.717, 1.165) is 18.5 Å². The fraction of sp³-hybridized carbons (Fsp3) is 0.333. The highest BCUT2D eigenvalue weighted by atomic mass is 16.1. The van der Waals surface area contributed by atoms with Gasteiger partial charge in [0.05, 0.1) is 18.3 Å². The lowest BCUT2D eigenvalue weighted by atomic mass is 10.3. The van der Waals surface area contributed by atoms with E-state index in [9.17, 15) is 4.79 Å². The Labute approximate surface area is 71.7 Å². The predicted molar refractivity (Wildman–Crippen MR) is 47.2 cm³/mol. The van der Waals surface area contributed by atoms with Crippen molar-refractivity contribution in [1.29, 1.82) is 0 Å². The first-order valence-electron chi connectivity index (χ1n) is 3.88. The molecule has 0 aromatic carbocycles. The molecule has 12 heavy (non-hydrogen) atoms. The second-order valence-electron chi connectivity index (χ2n) is 2.55. The maximum absolute atomic E-state index is 10.4. The third kappa shape index (κ3) is 1.61. The summed E-state index contributed by atoms with van der Waals surface area (Å²) in [5, 5.41) is 4.06. The second-order valence-corrected chi connectivity index (χ2v) is 2.55. The molecule has 0 radical (unpaired) electrons. The first kappa shape index (κ1) is 8.71. The van der Waals surface area contributed by atoms with Crippen molar-refractivity contribution in [2.45, 2.75) is 20.4 Å². The highest BCUT2D eigenvalue weighted by molar-refractivity contribution is 5.75. The summed E-state index contributed by atoms with van der Waals surface area (Å²) < 4.78 is 1.80. The largest absolute Gasteiger partial charge is 0.298 e. The molecule has 3 heteroatoms. The number of carbonyl (C=O) groups excluding carboxylic acids is 1. The molecule has 0 atom stereocenters. The number of aldehydes is 1. The Bertz CT molecular complexity index is 299. The first-order valence-corrected chi connectivity index (χ1v) is 3.88. The lowest BCUT2D eigenvalue weighted by Gasteiger charge is -1.98. The van der Waals surface area contributed by atoms with Gasteiger partial charge in [-0.25, -0.2) is 0 Å². The highest BCUT2D eigenvalue weighted by Crippen LogP contribution is 2.03. The van der Waals surface area contributed by atoms with Crippen molar-refractivity contribution in [2.75, 3.05) is 0 Å². The van der Waals surface area contributed by atoms with Crippen LogP contribution in [0, 0.1) is 6.92 Å². The van der Waals surface area contributed by atoms with Crippen molar-refractivity contribution in [3.63, 3.8) is 0 Å². The molecule has 0 aliphatic heterocycles. The van der Waals surface area contributed by atoms with Gasteiger partial charge >= 0.3 is 0 Å². The van der Waals surface area contributed by atoms with E-state index >= 15 is 0 Å². The summed E-state index contributed by atoms with van der Waals surface area (Å²) in [6.45, 7) is 4.58. The van der Waals surface area contributed by atoms with E-state index in [4.69, 9.17) is 0 Å². The summed E-state index contributed by atoms with van der Waals surface area (Å²) >= 11 is 0. The summed E-state index contributed by atoms with van der Waals surface area (Å²) in [5.74, 6) is 0. The molecule has 0 saturated heterocycles. The normalized spacial score (nSPS) is 10.8. The van der Waals surface area contributed by atoms with Gasteiger partial charge in [-0.05, 0) is 13.8 Å². The molecule has 0 amide bonds. The van der Waals surface area contributed by atoms with Gasteiger partial charge in [-0.2, -0.15) is 5.10 Å². The van der Waals surface area contributed by atoms with Gasteiger partial charge in [-0.1, -0.05) is 12.2 Å². The molecule has 3 nitrogen and oxygen atoms in total. The van der Waals surface area contributed by atoms with Crippen LogP contribution in [-0.4, -0.2) is 16.1 Å². The Morgan fingerprint density at radius 3 is 2.92 bits per heavy atom. The van der Waals surface area contributed by atoms with Crippen molar-refractivity contribution in [3.8, 4) is 0 Å². The standard InChI is InChI=1S/C9H12N2O/c1-3-4-5-11-8(2)9(7-12)6-10-11/h3-4,6-7H,5H2,1-2H3. The second kappa shape index (κ2) is 3.85. The molecule has 0 aliphatic rings. The summed E-state index contributed by atoms with van der Waals surface area (Å²) in [7, 11) is 0. The number of hydrogen-bond acceptors (Lipinski definition) is 2. The Hall–Kier alpha value is -1.38. The van der Waals surface area contributed by atoms with Gasteiger partial charge in [-0.3, -0.25) is 9.48 Å². The number of hydrogen-bond donors (Lipinski definition) is 0. The molecule has 0 saturated carbocycles. The third-order valence-electron chi connectivity index (χ3n) is 1.78. The van der Waals surface area contributed by atoms with Crippen LogP contribution < -0.4 is 0 Å². The van der Waals surface area contributed by atoms with Crippen LogP contribution in [0.1, 0.15) is 23.0 Å². The van der Waals surface area contributed by atoms with Gasteiger partial charge in [-0.15, -0.1) is 0 Å². The highest BCUT2D eigenvalue weighted by Gasteiger charge is 2.02. The first-order chi connectivity index (χ1) is 5.79. The van der Waals surface area contributed by atoms with E-state index in [0.29, 0.717) is 5.56 Å². The zero-order chi connectivity index (χ0) is 8.97. The quantitative estimate of drug-likeness (QED) is 0.502. The molecule has 0 aliphatic carbocycles. The van der Waals surface area contributed by atoms with Crippen LogP contribution in [0.15, 0.2) is 18.3 Å². The van der Waals surface area contributed by atoms with E-state index in [1.807, 2.05) is 26.0 Å². The molecule has 1 aromatic rings. The summed E-state index contributed by atoms with van der Waals surface area (Å²) in [6.07, 6.45) is 6.37. The van der Waals surface area contributed by atoms with E-state index in [1.54, 1.807) is 10.9 Å². The molecular formula is C9H12N2O. The number of allylic oxidation sites excluding steroid dienone is 2. The number of rotatable bonds is 3. The van der Waals surface area contributed by atoms with E-state index in [-0.39, 0.29) is 0 Å². The van der Waals surface area contributed by atoms with E-state index in [2.05, 4.69) is 5.10 Å². The fourth-order valence-corrected chi connectivity index (χ4v) is 0.966. The maximum Gasteiger partial charge on any atom is 0.153 e. The van der Waals surface area contributed by atoms with Crippen LogP contribution in [0.5, 0.6) is 0 Å². The molecule has 0 N–H and O–H groups in total. The fourth-order valence-electron chi connectivity index (χ4n) is 0.966. The van der Waals surface area contributed by atoms with Gasteiger partial charge in [0.2, 0.25) is 0 Å². The third-order valence-corrected chi connectivity index (χ3v) is 1.78. The van der Waals surface area contributed by atoms with Gasteiger partial charge in [0.1, 0.15) is 0 Å². The Balaban J connectivity index is 2.86. The molecule has 1 rings (SSSR count). The minimum absolute atomic E-state index is 0.666. The number of aromatic nitrogens is 2. The number of carbonyl (C=O) groups is 1. The summed E-state index contributed by atoms with van der Waals surface area (Å²) in [6, 6.07) is 0. The Kier molecular flexibility index (Phi) is 2.80. The molecule has 1 aromatic heterocycles. The van der Waals surface area contributed by atoms with Crippen LogP contribution in [0.2, 0.25) is 0 Å². The number of nitrogens with zero attached hydrogens (tertiary/aromatic N) is 2. The maximum atomic E-state index is 10.4. The van der Waals surface area contributed by atoms with E-state index < -0.39 is 0 Å². The van der Waals surface area contributed by atoms with Crippen molar-refractivity contribution < 1.29 is 4.79 Å². The van der Waals surface area contributed by atoms with Crippen LogP contribution in [-0.2, 0) is 6.54 Å². The van der Waals surface area contributed by atoms with Crippen molar-refractivity contribution in [2.24, 2.45) is 0 Å². The van der Waals surface area contributed by atoms with Crippen LogP contribution >= 0.6 is 0 Å². The van der Waals surface area contributed by atoms with Gasteiger partial charge in [0.25, 0.3) is 0 Å². The molecule has 64 valence electrons. The van der Waals surface area contributed by atoms with Crippen LogP contribution in [0.25, 0.3) is 0 Å². The van der Waals surface area contributed by atoms with Gasteiger partial charge in [0.15, 0.2) is 6.29 Å². The monoisotopic (exact) mass is 164 g/mol. The minimum atomic E-state index is 0.666. The Morgan fingerprint density at radius 1 is 1.67 bits per heavy atom. The molecule has 0 bridgehead atoms. The molecular weight excluding hydrogens is 152 g/mol. The molecule has 0 spiro atoms. The summed E-state index contributed by atoms with van der Waals surface area (Å²) in [4.78, 5) is 10.4. The van der Waals surface area contributed by atoms with Gasteiger partial charge in [0, 0.05) is 5.69 Å². The predicted octanol–water partition coefficient (Wildman–Crippen LogP) is 1.58. The zero-order valence-electron chi connectivity index (χ0n) is 7.32. The van der Waals surface area contributed by atoms with E-state index in [1.165, 1.54) is 0 Å². The minimum Gasteiger partial charge on any atom is -0.298 e. The molecule has 0 unspecified atom stereocenters. The van der Waals surface area contributed by atoms with Crippen molar-refractivity contribution in [3.05, 3.63) is 29.6 Å². The molecule has 0 fully saturated rings. The summed E-state index contributed by atoms with van der Waals surface area (Å²) in [5.41, 5.74) is 1.59. The topological polar surface area (TPSA) is 34.9 Å². The van der Waals surface area contributed by atoms with Gasteiger partial charge < -0.3 is 0 Å².